The molecule has 86 valence electrons. The smallest absolute Gasteiger partial charge is 0.0109 e. The van der Waals surface area contributed by atoms with E-state index in [1.807, 2.05) is 60.7 Å². The van der Waals surface area contributed by atoms with E-state index in [1.165, 1.54) is 11.1 Å². The minimum Gasteiger partial charge on any atom is -0.0702 e. The summed E-state index contributed by atoms with van der Waals surface area (Å²) in [5.74, 6) is 5.97. The normalized spacial score (nSPS) is 10.4. The summed E-state index contributed by atoms with van der Waals surface area (Å²) < 4.78 is 0. The Hall–Kier alpha value is -2.52. The molecule has 0 fully saturated rings. The fourth-order valence-electron chi connectivity index (χ4n) is 1.50. The highest BCUT2D eigenvalue weighted by atomic mass is 13.9. The molecule has 0 aliphatic carbocycles. The summed E-state index contributed by atoms with van der Waals surface area (Å²) in [4.78, 5) is 0. The van der Waals surface area contributed by atoms with Gasteiger partial charge in [0.2, 0.25) is 0 Å². The van der Waals surface area contributed by atoms with E-state index in [-0.39, 0.29) is 0 Å². The molecule has 0 N–H and O–H groups in total. The quantitative estimate of drug-likeness (QED) is 0.670. The lowest BCUT2D eigenvalue weighted by Crippen LogP contribution is -1.67. The van der Waals surface area contributed by atoms with Crippen molar-refractivity contribution in [3.8, 4) is 11.8 Å². The molecule has 0 amide bonds. The van der Waals surface area contributed by atoms with Gasteiger partial charge in [-0.1, -0.05) is 72.5 Å². The second-order valence-corrected chi connectivity index (χ2v) is 3.78. The monoisotopic (exact) mass is 230 g/mol. The average Bonchev–Trinajstić information content (AvgIpc) is 2.45. The van der Waals surface area contributed by atoms with Crippen LogP contribution in [0.5, 0.6) is 0 Å². The molecular formula is C18H14. The van der Waals surface area contributed by atoms with Crippen LogP contribution in [0.3, 0.4) is 0 Å². The Morgan fingerprint density at radius 2 is 0.944 bits per heavy atom. The SMILES string of the molecule is C(#C/C=C\c1ccccc1)/C=C\c1ccccc1. The van der Waals surface area contributed by atoms with Crippen molar-refractivity contribution in [1.29, 1.82) is 0 Å². The van der Waals surface area contributed by atoms with Gasteiger partial charge < -0.3 is 0 Å². The van der Waals surface area contributed by atoms with Gasteiger partial charge in [-0.15, -0.1) is 0 Å². The Kier molecular flexibility index (Phi) is 4.60. The summed E-state index contributed by atoms with van der Waals surface area (Å²) in [7, 11) is 0. The first-order valence-corrected chi connectivity index (χ1v) is 5.89. The first kappa shape index (κ1) is 12.0. The van der Waals surface area contributed by atoms with Crippen molar-refractivity contribution in [3.05, 3.63) is 83.9 Å². The predicted octanol–water partition coefficient (Wildman–Crippen LogP) is 4.42. The van der Waals surface area contributed by atoms with E-state index in [9.17, 15) is 0 Å². The highest BCUT2D eigenvalue weighted by Gasteiger charge is 1.80. The third-order valence-electron chi connectivity index (χ3n) is 2.40. The van der Waals surface area contributed by atoms with Crippen LogP contribution in [0.1, 0.15) is 11.1 Å². The minimum absolute atomic E-state index is 1.17. The van der Waals surface area contributed by atoms with E-state index in [4.69, 9.17) is 0 Å². The Balaban J connectivity index is 1.90. The topological polar surface area (TPSA) is 0 Å². The van der Waals surface area contributed by atoms with Gasteiger partial charge in [0.1, 0.15) is 0 Å². The van der Waals surface area contributed by atoms with Crippen LogP contribution in [0.25, 0.3) is 12.2 Å². The summed E-state index contributed by atoms with van der Waals surface area (Å²) >= 11 is 0. The van der Waals surface area contributed by atoms with Crippen molar-refractivity contribution in [1.82, 2.24) is 0 Å². The lowest BCUT2D eigenvalue weighted by Gasteiger charge is -1.87. The lowest BCUT2D eigenvalue weighted by molar-refractivity contribution is 1.66. The van der Waals surface area contributed by atoms with Gasteiger partial charge in [-0.3, -0.25) is 0 Å². The molecule has 0 atom stereocenters. The maximum Gasteiger partial charge on any atom is -0.0109 e. The van der Waals surface area contributed by atoms with Gasteiger partial charge >= 0.3 is 0 Å². The molecule has 0 radical (unpaired) electrons. The third kappa shape index (κ3) is 4.15. The fourth-order valence-corrected chi connectivity index (χ4v) is 1.50. The molecule has 0 spiro atoms. The first-order valence-electron chi connectivity index (χ1n) is 5.89. The van der Waals surface area contributed by atoms with Crippen LogP contribution in [-0.2, 0) is 0 Å². The summed E-state index contributed by atoms with van der Waals surface area (Å²) in [5.41, 5.74) is 2.33. The number of hydrogen-bond acceptors (Lipinski definition) is 0. The molecule has 0 bridgehead atoms. The second-order valence-electron chi connectivity index (χ2n) is 3.78. The number of benzene rings is 2. The van der Waals surface area contributed by atoms with Crippen LogP contribution in [0.4, 0.5) is 0 Å². The zero-order valence-corrected chi connectivity index (χ0v) is 10.1. The molecule has 0 aromatic heterocycles. The van der Waals surface area contributed by atoms with Crippen LogP contribution in [0.15, 0.2) is 72.8 Å². The molecule has 0 aliphatic rings. The molecule has 0 saturated carbocycles. The van der Waals surface area contributed by atoms with Crippen LogP contribution in [-0.4, -0.2) is 0 Å². The molecule has 0 nitrogen and oxygen atoms in total. The minimum atomic E-state index is 1.17. The van der Waals surface area contributed by atoms with E-state index >= 15 is 0 Å². The zero-order chi connectivity index (χ0) is 12.5. The molecule has 0 heterocycles. The molecule has 0 aliphatic heterocycles. The second kappa shape index (κ2) is 6.93. The van der Waals surface area contributed by atoms with E-state index in [2.05, 4.69) is 36.1 Å². The molecule has 0 unspecified atom stereocenters. The summed E-state index contributed by atoms with van der Waals surface area (Å²) in [5, 5.41) is 0. The van der Waals surface area contributed by atoms with Gasteiger partial charge in [0, 0.05) is 0 Å². The van der Waals surface area contributed by atoms with Crippen molar-refractivity contribution < 1.29 is 0 Å². The van der Waals surface area contributed by atoms with E-state index in [0.29, 0.717) is 0 Å². The fraction of sp³-hybridized carbons (Fsp3) is 0. The maximum absolute atomic E-state index is 2.99. The maximum atomic E-state index is 2.99. The Morgan fingerprint density at radius 1 is 0.556 bits per heavy atom. The van der Waals surface area contributed by atoms with Gasteiger partial charge in [-0.2, -0.15) is 0 Å². The Morgan fingerprint density at radius 3 is 1.33 bits per heavy atom. The first-order chi connectivity index (χ1) is 8.95. The molecule has 0 saturated heterocycles. The number of allylic oxidation sites excluding steroid dienone is 2. The van der Waals surface area contributed by atoms with Crippen molar-refractivity contribution in [2.45, 2.75) is 0 Å². The summed E-state index contributed by atoms with van der Waals surface area (Å²) in [6.07, 6.45) is 7.74. The largest absolute Gasteiger partial charge is 0.0702 e. The number of hydrogen-bond donors (Lipinski definition) is 0. The highest BCUT2D eigenvalue weighted by molar-refractivity contribution is 5.55. The van der Waals surface area contributed by atoms with Crippen molar-refractivity contribution in [2.24, 2.45) is 0 Å². The molecule has 2 aromatic carbocycles. The zero-order valence-electron chi connectivity index (χ0n) is 10.1. The third-order valence-corrected chi connectivity index (χ3v) is 2.40. The van der Waals surface area contributed by atoms with Gasteiger partial charge in [-0.25, -0.2) is 0 Å². The molecule has 0 heteroatoms. The van der Waals surface area contributed by atoms with Crippen LogP contribution >= 0.6 is 0 Å². The molecule has 2 rings (SSSR count). The van der Waals surface area contributed by atoms with Gasteiger partial charge in [0.15, 0.2) is 0 Å². The van der Waals surface area contributed by atoms with Gasteiger partial charge in [0.25, 0.3) is 0 Å². The molecule has 18 heavy (non-hydrogen) atoms. The Labute approximate surface area is 108 Å². The lowest BCUT2D eigenvalue weighted by atomic mass is 10.2. The van der Waals surface area contributed by atoms with Crippen molar-refractivity contribution in [3.63, 3.8) is 0 Å². The van der Waals surface area contributed by atoms with Crippen molar-refractivity contribution >= 4 is 12.2 Å². The van der Waals surface area contributed by atoms with E-state index in [0.717, 1.165) is 0 Å². The van der Waals surface area contributed by atoms with Crippen LogP contribution in [0.2, 0.25) is 0 Å². The summed E-state index contributed by atoms with van der Waals surface area (Å²) in [6.45, 7) is 0. The molecule has 2 aromatic rings. The van der Waals surface area contributed by atoms with Crippen LogP contribution < -0.4 is 0 Å². The van der Waals surface area contributed by atoms with Gasteiger partial charge in [-0.05, 0) is 35.4 Å². The summed E-state index contributed by atoms with van der Waals surface area (Å²) in [6, 6.07) is 20.3. The highest BCUT2D eigenvalue weighted by Crippen LogP contribution is 2.01. The average molecular weight is 230 g/mol. The molecular weight excluding hydrogens is 216 g/mol. The van der Waals surface area contributed by atoms with Crippen molar-refractivity contribution in [2.75, 3.05) is 0 Å². The van der Waals surface area contributed by atoms with Gasteiger partial charge in [0.05, 0.1) is 0 Å². The van der Waals surface area contributed by atoms with E-state index < -0.39 is 0 Å². The Bertz CT molecular complexity index is 525. The van der Waals surface area contributed by atoms with Crippen LogP contribution in [0, 0.1) is 11.8 Å². The number of rotatable bonds is 2. The standard InChI is InChI=1S/C18H14/c1(5-11-17-13-7-3-8-14-17)2-6-12-18-15-9-4-10-16-18/h3-16H/b11-5-,12-6-. The van der Waals surface area contributed by atoms with E-state index in [1.54, 1.807) is 0 Å². The predicted molar refractivity (Wildman–Crippen MR) is 78.7 cm³/mol.